The van der Waals surface area contributed by atoms with Crippen molar-refractivity contribution >= 4 is 38.8 Å². The van der Waals surface area contributed by atoms with E-state index in [1.807, 2.05) is 23.4 Å². The highest BCUT2D eigenvalue weighted by Crippen LogP contribution is 2.31. The van der Waals surface area contributed by atoms with Gasteiger partial charge in [-0.05, 0) is 44.5 Å². The molecule has 2 fully saturated rings. The van der Waals surface area contributed by atoms with Crippen LogP contribution in [0.1, 0.15) is 47.1 Å². The van der Waals surface area contributed by atoms with E-state index in [0.717, 1.165) is 17.1 Å². The van der Waals surface area contributed by atoms with Crippen LogP contribution in [0.4, 0.5) is 5.69 Å². The highest BCUT2D eigenvalue weighted by molar-refractivity contribution is 7.91. The number of sulfone groups is 1. The van der Waals surface area contributed by atoms with E-state index in [2.05, 4.69) is 10.00 Å². The molecule has 0 N–H and O–H groups in total. The maximum Gasteiger partial charge on any atom is 0.223 e. The number of carbonyl (C=O) groups excluding carboxylic acids is 2. The number of amides is 1. The number of rotatable bonds is 6. The van der Waals surface area contributed by atoms with Crippen LogP contribution in [0.15, 0.2) is 24.3 Å². The molecule has 0 spiro atoms. The molecule has 8 nitrogen and oxygen atoms in total. The Hall–Kier alpha value is -2.39. The summed E-state index contributed by atoms with van der Waals surface area (Å²) in [5.74, 6) is 0.279. The summed E-state index contributed by atoms with van der Waals surface area (Å²) in [5.41, 5.74) is 3.45. The number of hydrogen-bond acceptors (Lipinski definition) is 6. The Morgan fingerprint density at radius 3 is 2.33 bits per heavy atom. The predicted molar refractivity (Wildman–Crippen MR) is 128 cm³/mol. The zero-order valence-electron chi connectivity index (χ0n) is 19.0. The Morgan fingerprint density at radius 1 is 1.06 bits per heavy atom. The van der Waals surface area contributed by atoms with Gasteiger partial charge in [-0.25, -0.2) is 8.42 Å². The summed E-state index contributed by atoms with van der Waals surface area (Å²) in [7, 11) is -2.99. The molecule has 1 atom stereocenters. The fourth-order valence-corrected chi connectivity index (χ4v) is 6.59. The van der Waals surface area contributed by atoms with E-state index in [9.17, 15) is 18.0 Å². The average Bonchev–Trinajstić information content (AvgIpc) is 3.30. The highest BCUT2D eigenvalue weighted by atomic mass is 35.5. The van der Waals surface area contributed by atoms with Gasteiger partial charge in [0.1, 0.15) is 0 Å². The first-order chi connectivity index (χ1) is 15.6. The fourth-order valence-electron chi connectivity index (χ4n) is 4.77. The Balaban J connectivity index is 1.33. The Kier molecular flexibility index (Phi) is 6.81. The molecule has 1 amide bonds. The lowest BCUT2D eigenvalue weighted by Gasteiger charge is -2.36. The van der Waals surface area contributed by atoms with Crippen LogP contribution in [0.5, 0.6) is 0 Å². The summed E-state index contributed by atoms with van der Waals surface area (Å²) >= 11 is 5.86. The summed E-state index contributed by atoms with van der Waals surface area (Å²) in [4.78, 5) is 29.0. The molecular formula is C23H29ClN4O4S. The van der Waals surface area contributed by atoms with Gasteiger partial charge in [0, 0.05) is 49.6 Å². The van der Waals surface area contributed by atoms with Crippen LogP contribution in [0.3, 0.4) is 0 Å². The van der Waals surface area contributed by atoms with Crippen molar-refractivity contribution in [1.82, 2.24) is 14.7 Å². The maximum absolute atomic E-state index is 12.7. The number of carbonyl (C=O) groups is 2. The second-order valence-corrected chi connectivity index (χ2v) is 11.5. The van der Waals surface area contributed by atoms with Crippen molar-refractivity contribution in [3.8, 4) is 0 Å². The number of aryl methyl sites for hydroxylation is 1. The van der Waals surface area contributed by atoms with Gasteiger partial charge in [-0.15, -0.1) is 0 Å². The fraction of sp³-hybridized carbons (Fsp3) is 0.522. The van der Waals surface area contributed by atoms with Crippen molar-refractivity contribution in [2.45, 2.75) is 39.2 Å². The second kappa shape index (κ2) is 9.46. The molecule has 3 heterocycles. The summed E-state index contributed by atoms with van der Waals surface area (Å²) in [5, 5.41) is 5.23. The van der Waals surface area contributed by atoms with Gasteiger partial charge in [-0.2, -0.15) is 5.10 Å². The van der Waals surface area contributed by atoms with Gasteiger partial charge in [0.15, 0.2) is 15.6 Å². The molecule has 10 heteroatoms. The van der Waals surface area contributed by atoms with Gasteiger partial charge >= 0.3 is 0 Å². The molecule has 0 aliphatic carbocycles. The number of benzene rings is 1. The molecule has 2 aliphatic rings. The van der Waals surface area contributed by atoms with E-state index < -0.39 is 9.84 Å². The molecule has 2 aliphatic heterocycles. The lowest BCUT2D eigenvalue weighted by Crippen LogP contribution is -2.49. The average molecular weight is 493 g/mol. The number of nitrogens with zero attached hydrogens (tertiary/aromatic N) is 4. The van der Waals surface area contributed by atoms with Crippen molar-refractivity contribution in [2.75, 3.05) is 42.6 Å². The van der Waals surface area contributed by atoms with Gasteiger partial charge in [-0.1, -0.05) is 11.6 Å². The topological polar surface area (TPSA) is 92.6 Å². The van der Waals surface area contributed by atoms with Crippen molar-refractivity contribution in [1.29, 1.82) is 0 Å². The minimum absolute atomic E-state index is 0.0164. The summed E-state index contributed by atoms with van der Waals surface area (Å²) < 4.78 is 25.7. The summed E-state index contributed by atoms with van der Waals surface area (Å²) in [6.07, 6.45) is 0.963. The zero-order valence-corrected chi connectivity index (χ0v) is 20.5. The third-order valence-electron chi connectivity index (χ3n) is 6.52. The largest absolute Gasteiger partial charge is 0.365 e. The third kappa shape index (κ3) is 5.24. The first-order valence-electron chi connectivity index (χ1n) is 11.2. The van der Waals surface area contributed by atoms with E-state index in [1.165, 1.54) is 0 Å². The van der Waals surface area contributed by atoms with Gasteiger partial charge in [0.05, 0.1) is 34.6 Å². The first-order valence-corrected chi connectivity index (χ1v) is 13.4. The number of halogens is 1. The van der Waals surface area contributed by atoms with Crippen molar-refractivity contribution in [3.63, 3.8) is 0 Å². The monoisotopic (exact) mass is 492 g/mol. The van der Waals surface area contributed by atoms with Crippen LogP contribution in [-0.4, -0.2) is 72.5 Å². The van der Waals surface area contributed by atoms with Gasteiger partial charge in [-0.3, -0.25) is 14.3 Å². The lowest BCUT2D eigenvalue weighted by molar-refractivity contribution is -0.131. The first kappa shape index (κ1) is 23.8. The Labute approximate surface area is 199 Å². The number of ketones is 1. The van der Waals surface area contributed by atoms with E-state index in [0.29, 0.717) is 43.2 Å². The van der Waals surface area contributed by atoms with E-state index in [1.54, 1.807) is 24.3 Å². The third-order valence-corrected chi connectivity index (χ3v) is 8.52. The number of piperazine rings is 1. The minimum Gasteiger partial charge on any atom is -0.365 e. The minimum atomic E-state index is -2.99. The van der Waals surface area contributed by atoms with Crippen LogP contribution in [0, 0.1) is 13.8 Å². The Morgan fingerprint density at radius 2 is 1.73 bits per heavy atom. The highest BCUT2D eigenvalue weighted by Gasteiger charge is 2.33. The van der Waals surface area contributed by atoms with Crippen LogP contribution in [-0.2, 0) is 14.6 Å². The maximum atomic E-state index is 12.7. The molecule has 1 aromatic carbocycles. The van der Waals surface area contributed by atoms with Gasteiger partial charge in [0.25, 0.3) is 0 Å². The van der Waals surface area contributed by atoms with Crippen LogP contribution in [0.2, 0.25) is 5.02 Å². The molecule has 2 aromatic rings. The molecule has 0 saturated carbocycles. The molecule has 33 heavy (non-hydrogen) atoms. The molecule has 0 bridgehead atoms. The number of anilines is 1. The number of hydrogen-bond donors (Lipinski definition) is 0. The molecule has 4 rings (SSSR count). The van der Waals surface area contributed by atoms with Crippen molar-refractivity contribution in [3.05, 3.63) is 46.2 Å². The van der Waals surface area contributed by atoms with E-state index >= 15 is 0 Å². The number of aromatic nitrogens is 2. The standard InChI is InChI=1S/C23H29ClN4O4S/c1-16-23(17(2)28(25-16)20-9-14-33(31,32)15-20)27-12-10-26(11-13-27)22(30)8-7-21(29)18-3-5-19(24)6-4-18/h3-6,20H,7-15H2,1-2H3. The quantitative estimate of drug-likeness (QED) is 0.576. The lowest BCUT2D eigenvalue weighted by atomic mass is 10.1. The van der Waals surface area contributed by atoms with Crippen LogP contribution in [0.25, 0.3) is 0 Å². The molecule has 0 radical (unpaired) electrons. The smallest absolute Gasteiger partial charge is 0.223 e. The molecular weight excluding hydrogens is 464 g/mol. The van der Waals surface area contributed by atoms with Crippen LogP contribution < -0.4 is 4.90 Å². The number of Topliss-reactive ketones (excluding diaryl/α,β-unsaturated/α-hetero) is 1. The van der Waals surface area contributed by atoms with Gasteiger partial charge in [0.2, 0.25) is 5.91 Å². The SMILES string of the molecule is Cc1nn(C2CCS(=O)(=O)C2)c(C)c1N1CCN(C(=O)CCC(=O)c2ccc(Cl)cc2)CC1. The predicted octanol–water partition coefficient (Wildman–Crippen LogP) is 2.82. The molecule has 1 aromatic heterocycles. The van der Waals surface area contributed by atoms with E-state index in [4.69, 9.17) is 11.6 Å². The molecule has 1 unspecified atom stereocenters. The molecule has 2 saturated heterocycles. The van der Waals surface area contributed by atoms with Crippen molar-refractivity contribution < 1.29 is 18.0 Å². The van der Waals surface area contributed by atoms with Crippen LogP contribution >= 0.6 is 11.6 Å². The normalized spacial score (nSPS) is 20.3. The zero-order chi connectivity index (χ0) is 23.8. The Bertz CT molecular complexity index is 1150. The summed E-state index contributed by atoms with van der Waals surface area (Å²) in [6, 6.07) is 6.60. The molecule has 178 valence electrons. The summed E-state index contributed by atoms with van der Waals surface area (Å²) in [6.45, 7) is 6.44. The van der Waals surface area contributed by atoms with Gasteiger partial charge < -0.3 is 9.80 Å². The second-order valence-electron chi connectivity index (χ2n) is 8.82. The van der Waals surface area contributed by atoms with Crippen molar-refractivity contribution in [2.24, 2.45) is 0 Å². The van der Waals surface area contributed by atoms with E-state index in [-0.39, 0.29) is 42.1 Å².